The van der Waals surface area contributed by atoms with Gasteiger partial charge in [0.15, 0.2) is 6.61 Å². The molecule has 122 valence electrons. The Kier molecular flexibility index (Phi) is 5.80. The maximum Gasteiger partial charge on any atom is 0.344 e. The minimum atomic E-state index is -0.343. The summed E-state index contributed by atoms with van der Waals surface area (Å²) in [6, 6.07) is 7.87. The number of carbonyl (C=O) groups excluding carboxylic acids is 1. The molecule has 1 aliphatic heterocycles. The van der Waals surface area contributed by atoms with Crippen molar-refractivity contribution >= 4 is 5.97 Å². The molecule has 0 saturated carbocycles. The van der Waals surface area contributed by atoms with Crippen molar-refractivity contribution in [2.24, 2.45) is 11.1 Å². The van der Waals surface area contributed by atoms with Crippen LogP contribution in [0.1, 0.15) is 25.8 Å². The second-order valence-corrected chi connectivity index (χ2v) is 6.21. The summed E-state index contributed by atoms with van der Waals surface area (Å²) < 4.78 is 10.2. The minimum absolute atomic E-state index is 0.0475. The summed E-state index contributed by atoms with van der Waals surface area (Å²) in [4.78, 5) is 13.7. The molecule has 2 rings (SSSR count). The molecule has 5 heteroatoms. The highest BCUT2D eigenvalue weighted by Gasteiger charge is 2.32. The van der Waals surface area contributed by atoms with E-state index in [9.17, 15) is 4.79 Å². The molecule has 0 radical (unpaired) electrons. The van der Waals surface area contributed by atoms with E-state index in [2.05, 4.69) is 11.8 Å². The lowest BCUT2D eigenvalue weighted by molar-refractivity contribution is -0.145. The summed E-state index contributed by atoms with van der Waals surface area (Å²) in [7, 11) is 0. The number of hydrogen-bond donors (Lipinski definition) is 1. The predicted octanol–water partition coefficient (Wildman–Crippen LogP) is 1.80. The third kappa shape index (κ3) is 4.71. The Balaban J connectivity index is 1.81. The van der Waals surface area contributed by atoms with Gasteiger partial charge >= 0.3 is 5.97 Å². The normalized spacial score (nSPS) is 21.8. The van der Waals surface area contributed by atoms with Crippen molar-refractivity contribution in [3.8, 4) is 5.75 Å². The summed E-state index contributed by atoms with van der Waals surface area (Å²) in [6.07, 6.45) is 1.16. The van der Waals surface area contributed by atoms with Crippen LogP contribution in [0.3, 0.4) is 0 Å². The standard InChI is InChI=1S/C17H26N2O3/c1-3-21-16(20)11-22-15-6-4-14(5-7-15)10-19-9-8-17(2,12-18)13-19/h4-7H,3,8-13,18H2,1-2H3. The van der Waals surface area contributed by atoms with Gasteiger partial charge in [0.1, 0.15) is 5.75 Å². The van der Waals surface area contributed by atoms with Crippen LogP contribution in [-0.2, 0) is 16.1 Å². The maximum atomic E-state index is 11.2. The van der Waals surface area contributed by atoms with Gasteiger partial charge in [-0.3, -0.25) is 4.90 Å². The quantitative estimate of drug-likeness (QED) is 0.778. The Hall–Kier alpha value is -1.59. The topological polar surface area (TPSA) is 64.8 Å². The predicted molar refractivity (Wildman–Crippen MR) is 85.6 cm³/mol. The fourth-order valence-electron chi connectivity index (χ4n) is 2.72. The minimum Gasteiger partial charge on any atom is -0.482 e. The van der Waals surface area contributed by atoms with Gasteiger partial charge in [0.25, 0.3) is 0 Å². The third-order valence-corrected chi connectivity index (χ3v) is 4.12. The van der Waals surface area contributed by atoms with Gasteiger partial charge in [-0.1, -0.05) is 19.1 Å². The maximum absolute atomic E-state index is 11.2. The lowest BCUT2D eigenvalue weighted by Gasteiger charge is -2.22. The van der Waals surface area contributed by atoms with E-state index in [0.717, 1.165) is 32.6 Å². The molecule has 22 heavy (non-hydrogen) atoms. The van der Waals surface area contributed by atoms with Crippen molar-refractivity contribution in [2.45, 2.75) is 26.8 Å². The van der Waals surface area contributed by atoms with Crippen LogP contribution in [0.25, 0.3) is 0 Å². The molecule has 1 saturated heterocycles. The average Bonchev–Trinajstić information content (AvgIpc) is 2.89. The molecule has 0 aromatic heterocycles. The molecular weight excluding hydrogens is 280 g/mol. The lowest BCUT2D eigenvalue weighted by Crippen LogP contribution is -2.31. The number of hydrogen-bond acceptors (Lipinski definition) is 5. The number of ether oxygens (including phenoxy) is 2. The molecule has 1 heterocycles. The second kappa shape index (κ2) is 7.61. The monoisotopic (exact) mass is 306 g/mol. The number of benzene rings is 1. The number of carbonyl (C=O) groups is 1. The molecule has 0 spiro atoms. The fraction of sp³-hybridized carbons (Fsp3) is 0.588. The van der Waals surface area contributed by atoms with E-state index in [0.29, 0.717) is 12.4 Å². The fourth-order valence-corrected chi connectivity index (χ4v) is 2.72. The van der Waals surface area contributed by atoms with Gasteiger partial charge in [-0.2, -0.15) is 0 Å². The summed E-state index contributed by atoms with van der Waals surface area (Å²) >= 11 is 0. The average molecular weight is 306 g/mol. The Morgan fingerprint density at radius 1 is 1.36 bits per heavy atom. The first-order chi connectivity index (χ1) is 10.5. The van der Waals surface area contributed by atoms with E-state index in [4.69, 9.17) is 15.2 Å². The molecule has 5 nitrogen and oxygen atoms in total. The van der Waals surface area contributed by atoms with Crippen molar-refractivity contribution in [3.05, 3.63) is 29.8 Å². The molecule has 1 atom stereocenters. The van der Waals surface area contributed by atoms with E-state index < -0.39 is 0 Å². The van der Waals surface area contributed by atoms with Gasteiger partial charge in [-0.15, -0.1) is 0 Å². The van der Waals surface area contributed by atoms with Crippen molar-refractivity contribution in [1.29, 1.82) is 0 Å². The Morgan fingerprint density at radius 3 is 2.68 bits per heavy atom. The van der Waals surface area contributed by atoms with Crippen LogP contribution in [-0.4, -0.2) is 43.7 Å². The second-order valence-electron chi connectivity index (χ2n) is 6.21. The molecule has 1 aromatic rings. The largest absolute Gasteiger partial charge is 0.482 e. The highest BCUT2D eigenvalue weighted by molar-refractivity contribution is 5.71. The van der Waals surface area contributed by atoms with Gasteiger partial charge in [0.2, 0.25) is 0 Å². The van der Waals surface area contributed by atoms with Gasteiger partial charge in [-0.05, 0) is 49.5 Å². The van der Waals surface area contributed by atoms with E-state index in [1.807, 2.05) is 24.3 Å². The molecule has 0 bridgehead atoms. The lowest BCUT2D eigenvalue weighted by atomic mass is 9.90. The smallest absolute Gasteiger partial charge is 0.344 e. The van der Waals surface area contributed by atoms with Gasteiger partial charge < -0.3 is 15.2 Å². The van der Waals surface area contributed by atoms with Crippen molar-refractivity contribution in [2.75, 3.05) is 32.8 Å². The highest BCUT2D eigenvalue weighted by atomic mass is 16.6. The van der Waals surface area contributed by atoms with E-state index >= 15 is 0 Å². The first-order valence-corrected chi connectivity index (χ1v) is 7.84. The van der Waals surface area contributed by atoms with Crippen molar-refractivity contribution in [3.63, 3.8) is 0 Å². The number of nitrogens with two attached hydrogens (primary N) is 1. The zero-order valence-electron chi connectivity index (χ0n) is 13.5. The van der Waals surface area contributed by atoms with Gasteiger partial charge in [0.05, 0.1) is 6.61 Å². The molecule has 2 N–H and O–H groups in total. The molecule has 1 aromatic carbocycles. The molecular formula is C17H26N2O3. The summed E-state index contributed by atoms with van der Waals surface area (Å²) in [5, 5.41) is 0. The van der Waals surface area contributed by atoms with Crippen molar-refractivity contribution < 1.29 is 14.3 Å². The van der Waals surface area contributed by atoms with Crippen LogP contribution < -0.4 is 10.5 Å². The van der Waals surface area contributed by atoms with E-state index in [1.165, 1.54) is 5.56 Å². The van der Waals surface area contributed by atoms with Crippen LogP contribution in [0, 0.1) is 5.41 Å². The highest BCUT2D eigenvalue weighted by Crippen LogP contribution is 2.29. The zero-order chi connectivity index (χ0) is 16.0. The Labute approximate surface area is 132 Å². The molecule has 1 unspecified atom stereocenters. The van der Waals surface area contributed by atoms with Crippen LogP contribution >= 0.6 is 0 Å². The Bertz CT molecular complexity index is 489. The number of likely N-dealkylation sites (tertiary alicyclic amines) is 1. The summed E-state index contributed by atoms with van der Waals surface area (Å²) in [6.45, 7) is 8.16. The number of nitrogens with zero attached hydrogens (tertiary/aromatic N) is 1. The SMILES string of the molecule is CCOC(=O)COc1ccc(CN2CCC(C)(CN)C2)cc1. The molecule has 1 aliphatic rings. The van der Waals surface area contributed by atoms with Crippen LogP contribution in [0.4, 0.5) is 0 Å². The van der Waals surface area contributed by atoms with Gasteiger partial charge in [-0.25, -0.2) is 4.79 Å². The number of esters is 1. The molecule has 0 aliphatic carbocycles. The van der Waals surface area contributed by atoms with Gasteiger partial charge in [0, 0.05) is 13.1 Å². The van der Waals surface area contributed by atoms with Crippen molar-refractivity contribution in [1.82, 2.24) is 4.90 Å². The third-order valence-electron chi connectivity index (χ3n) is 4.12. The Morgan fingerprint density at radius 2 is 2.09 bits per heavy atom. The summed E-state index contributed by atoms with van der Waals surface area (Å²) in [5.41, 5.74) is 7.33. The van der Waals surface area contributed by atoms with E-state index in [-0.39, 0.29) is 18.0 Å². The van der Waals surface area contributed by atoms with Crippen LogP contribution in [0.15, 0.2) is 24.3 Å². The molecule has 0 amide bonds. The summed E-state index contributed by atoms with van der Waals surface area (Å²) in [5.74, 6) is 0.342. The first-order valence-electron chi connectivity index (χ1n) is 7.84. The molecule has 1 fully saturated rings. The first kappa shape index (κ1) is 16.8. The van der Waals surface area contributed by atoms with Crippen LogP contribution in [0.2, 0.25) is 0 Å². The zero-order valence-corrected chi connectivity index (χ0v) is 13.5. The van der Waals surface area contributed by atoms with Crippen LogP contribution in [0.5, 0.6) is 5.75 Å². The van der Waals surface area contributed by atoms with E-state index in [1.54, 1.807) is 6.92 Å². The number of rotatable bonds is 7.